The molecular weight excluding hydrogens is 224 g/mol. The predicted octanol–water partition coefficient (Wildman–Crippen LogP) is 2.35. The van der Waals surface area contributed by atoms with E-state index in [1.807, 2.05) is 12.4 Å². The number of hydrogen-bond donors (Lipinski definition) is 1. The van der Waals surface area contributed by atoms with Crippen LogP contribution in [0, 0.1) is 5.92 Å². The molecule has 4 nitrogen and oxygen atoms in total. The lowest BCUT2D eigenvalue weighted by atomic mass is 9.96. The lowest BCUT2D eigenvalue weighted by molar-refractivity contribution is 0.383. The number of aromatic nitrogens is 3. The second-order valence-electron chi connectivity index (χ2n) is 5.96. The Hall–Kier alpha value is -1.42. The Kier molecular flexibility index (Phi) is 1.94. The maximum Gasteiger partial charge on any atom is 0.130 e. The summed E-state index contributed by atoms with van der Waals surface area (Å²) >= 11 is 0. The Morgan fingerprint density at radius 1 is 1.33 bits per heavy atom. The number of pyridine rings is 1. The Balaban J connectivity index is 1.95. The summed E-state index contributed by atoms with van der Waals surface area (Å²) < 4.78 is 2.37. The quantitative estimate of drug-likeness (QED) is 0.898. The zero-order chi connectivity index (χ0) is 12.3. The fraction of sp³-hybridized carbons (Fsp3) is 0.571. The molecule has 0 aromatic carbocycles. The second kappa shape index (κ2) is 3.32. The van der Waals surface area contributed by atoms with Gasteiger partial charge in [0.2, 0.25) is 0 Å². The topological polar surface area (TPSA) is 56.7 Å². The molecule has 2 aromatic rings. The first-order valence-electron chi connectivity index (χ1n) is 6.79. The maximum absolute atomic E-state index is 6.57. The molecule has 2 saturated carbocycles. The molecule has 2 aliphatic rings. The molecule has 0 spiro atoms. The van der Waals surface area contributed by atoms with Crippen LogP contribution in [0.1, 0.15) is 44.5 Å². The standard InChI is InChI=1S/C14H18N4/c1-14(15,9-2-3-9)13-17-11-8-16-7-6-12(11)18(13)10-4-5-10/h6-10H,2-5,15H2,1H3. The summed E-state index contributed by atoms with van der Waals surface area (Å²) in [7, 11) is 0. The number of nitrogens with two attached hydrogens (primary N) is 1. The third-order valence-electron chi connectivity index (χ3n) is 4.31. The monoisotopic (exact) mass is 242 g/mol. The molecule has 2 N–H and O–H groups in total. The molecule has 0 amide bonds. The van der Waals surface area contributed by atoms with Crippen molar-refractivity contribution in [3.63, 3.8) is 0 Å². The van der Waals surface area contributed by atoms with Crippen molar-refractivity contribution in [2.45, 2.75) is 44.2 Å². The number of fused-ring (bicyclic) bond motifs is 1. The van der Waals surface area contributed by atoms with Gasteiger partial charge in [-0.05, 0) is 44.6 Å². The summed E-state index contributed by atoms with van der Waals surface area (Å²) in [6.07, 6.45) is 8.67. The first-order valence-corrected chi connectivity index (χ1v) is 6.79. The summed E-state index contributed by atoms with van der Waals surface area (Å²) in [5.74, 6) is 1.66. The average molecular weight is 242 g/mol. The normalized spacial score (nSPS) is 23.2. The van der Waals surface area contributed by atoms with Gasteiger partial charge in [-0.2, -0.15) is 0 Å². The van der Waals surface area contributed by atoms with Crippen LogP contribution >= 0.6 is 0 Å². The van der Waals surface area contributed by atoms with Gasteiger partial charge >= 0.3 is 0 Å². The zero-order valence-corrected chi connectivity index (χ0v) is 10.6. The predicted molar refractivity (Wildman–Crippen MR) is 70.1 cm³/mol. The minimum Gasteiger partial charge on any atom is -0.323 e. The molecule has 0 saturated heterocycles. The molecule has 2 aromatic heterocycles. The van der Waals surface area contributed by atoms with Gasteiger partial charge in [0.05, 0.1) is 17.3 Å². The van der Waals surface area contributed by atoms with Gasteiger partial charge in [0.1, 0.15) is 11.3 Å². The smallest absolute Gasteiger partial charge is 0.130 e. The Bertz CT molecular complexity index is 605. The van der Waals surface area contributed by atoms with Crippen LogP contribution < -0.4 is 5.73 Å². The van der Waals surface area contributed by atoms with Crippen LogP contribution in [0.25, 0.3) is 11.0 Å². The highest BCUT2D eigenvalue weighted by atomic mass is 15.2. The van der Waals surface area contributed by atoms with Crippen LogP contribution in [0.2, 0.25) is 0 Å². The number of imidazole rings is 1. The van der Waals surface area contributed by atoms with Crippen molar-refractivity contribution < 1.29 is 0 Å². The third-order valence-corrected chi connectivity index (χ3v) is 4.31. The van der Waals surface area contributed by atoms with Crippen molar-refractivity contribution in [1.82, 2.24) is 14.5 Å². The second-order valence-corrected chi connectivity index (χ2v) is 5.96. The molecule has 0 bridgehead atoms. The Morgan fingerprint density at radius 3 is 2.78 bits per heavy atom. The van der Waals surface area contributed by atoms with Gasteiger partial charge < -0.3 is 10.3 Å². The van der Waals surface area contributed by atoms with E-state index in [0.29, 0.717) is 12.0 Å². The van der Waals surface area contributed by atoms with E-state index < -0.39 is 0 Å². The SMILES string of the molecule is CC(N)(c1nc2cnccc2n1C1CC1)C1CC1. The summed E-state index contributed by atoms with van der Waals surface area (Å²) in [4.78, 5) is 8.96. The van der Waals surface area contributed by atoms with Crippen LogP contribution in [-0.2, 0) is 5.54 Å². The molecule has 1 unspecified atom stereocenters. The van der Waals surface area contributed by atoms with Crippen LogP contribution in [0.5, 0.6) is 0 Å². The van der Waals surface area contributed by atoms with E-state index in [1.165, 1.54) is 31.2 Å². The van der Waals surface area contributed by atoms with Gasteiger partial charge in [0.15, 0.2) is 0 Å². The van der Waals surface area contributed by atoms with Gasteiger partial charge in [-0.3, -0.25) is 4.98 Å². The van der Waals surface area contributed by atoms with Gasteiger partial charge in [-0.25, -0.2) is 4.98 Å². The highest BCUT2D eigenvalue weighted by molar-refractivity contribution is 5.75. The third kappa shape index (κ3) is 1.42. The fourth-order valence-electron chi connectivity index (χ4n) is 2.90. The molecule has 2 fully saturated rings. The van der Waals surface area contributed by atoms with E-state index in [9.17, 15) is 0 Å². The van der Waals surface area contributed by atoms with E-state index in [0.717, 1.165) is 11.3 Å². The first-order chi connectivity index (χ1) is 8.68. The summed E-state index contributed by atoms with van der Waals surface area (Å²) in [5, 5.41) is 0. The molecule has 2 aliphatic carbocycles. The van der Waals surface area contributed by atoms with Gasteiger partial charge in [0, 0.05) is 12.2 Å². The molecular formula is C14H18N4. The average Bonchev–Trinajstić information content (AvgIpc) is 3.23. The van der Waals surface area contributed by atoms with Crippen LogP contribution in [-0.4, -0.2) is 14.5 Å². The molecule has 0 radical (unpaired) electrons. The minimum atomic E-state index is -0.290. The van der Waals surface area contributed by atoms with E-state index in [2.05, 4.69) is 22.5 Å². The molecule has 4 heteroatoms. The van der Waals surface area contributed by atoms with Crippen molar-refractivity contribution in [3.05, 3.63) is 24.3 Å². The summed E-state index contributed by atoms with van der Waals surface area (Å²) in [6, 6.07) is 2.67. The molecule has 2 heterocycles. The number of rotatable bonds is 3. The van der Waals surface area contributed by atoms with E-state index >= 15 is 0 Å². The highest BCUT2D eigenvalue weighted by Crippen LogP contribution is 2.47. The largest absolute Gasteiger partial charge is 0.323 e. The fourth-order valence-corrected chi connectivity index (χ4v) is 2.90. The van der Waals surface area contributed by atoms with Crippen molar-refractivity contribution in [1.29, 1.82) is 0 Å². The molecule has 4 rings (SSSR count). The highest BCUT2D eigenvalue weighted by Gasteiger charge is 2.44. The van der Waals surface area contributed by atoms with E-state index in [4.69, 9.17) is 10.7 Å². The first kappa shape index (κ1) is 10.5. The summed E-state index contributed by atoms with van der Waals surface area (Å²) in [6.45, 7) is 2.14. The van der Waals surface area contributed by atoms with E-state index in [1.54, 1.807) is 0 Å². The van der Waals surface area contributed by atoms with Crippen molar-refractivity contribution >= 4 is 11.0 Å². The van der Waals surface area contributed by atoms with Gasteiger partial charge in [0.25, 0.3) is 0 Å². The number of nitrogens with zero attached hydrogens (tertiary/aromatic N) is 3. The van der Waals surface area contributed by atoms with Crippen molar-refractivity contribution in [2.75, 3.05) is 0 Å². The van der Waals surface area contributed by atoms with Gasteiger partial charge in [-0.1, -0.05) is 0 Å². The van der Waals surface area contributed by atoms with Crippen LogP contribution in [0.15, 0.2) is 18.5 Å². The molecule has 94 valence electrons. The van der Waals surface area contributed by atoms with Crippen molar-refractivity contribution in [2.24, 2.45) is 11.7 Å². The number of hydrogen-bond acceptors (Lipinski definition) is 3. The Labute approximate surface area is 106 Å². The summed E-state index contributed by atoms with van der Waals surface area (Å²) in [5.41, 5.74) is 8.46. The molecule has 18 heavy (non-hydrogen) atoms. The van der Waals surface area contributed by atoms with Crippen LogP contribution in [0.3, 0.4) is 0 Å². The lowest BCUT2D eigenvalue weighted by Gasteiger charge is -2.25. The van der Waals surface area contributed by atoms with Crippen molar-refractivity contribution in [3.8, 4) is 0 Å². The minimum absolute atomic E-state index is 0.290. The zero-order valence-electron chi connectivity index (χ0n) is 10.6. The molecule has 0 aliphatic heterocycles. The lowest BCUT2D eigenvalue weighted by Crippen LogP contribution is -2.38. The van der Waals surface area contributed by atoms with E-state index in [-0.39, 0.29) is 5.54 Å². The van der Waals surface area contributed by atoms with Gasteiger partial charge in [-0.15, -0.1) is 0 Å². The van der Waals surface area contributed by atoms with Crippen LogP contribution in [0.4, 0.5) is 0 Å². The molecule has 1 atom stereocenters. The Morgan fingerprint density at radius 2 is 2.11 bits per heavy atom. The maximum atomic E-state index is 6.57.